The number of hydrogen-bond donors (Lipinski definition) is 1. The number of nitrogens with one attached hydrogen (secondary N) is 1. The van der Waals surface area contributed by atoms with Gasteiger partial charge in [-0.2, -0.15) is 18.3 Å². The van der Waals surface area contributed by atoms with Crippen molar-refractivity contribution in [2.45, 2.75) is 16.3 Å². The van der Waals surface area contributed by atoms with E-state index < -0.39 is 5.51 Å². The van der Waals surface area contributed by atoms with E-state index in [1.54, 1.807) is 29.3 Å². The molecule has 176 valence electrons. The zero-order chi connectivity index (χ0) is 24.3. The summed E-state index contributed by atoms with van der Waals surface area (Å²) in [5.74, 6) is -1.03. The molecule has 11 heteroatoms. The number of carbonyl (C=O) groups is 1. The molecule has 5 nitrogen and oxygen atoms in total. The number of amides is 1. The molecule has 2 aromatic carbocycles. The quantitative estimate of drug-likeness (QED) is 0.331. The van der Waals surface area contributed by atoms with Gasteiger partial charge in [0.2, 0.25) is 5.91 Å². The minimum Gasteiger partial charge on any atom is -0.324 e. The average Bonchev–Trinajstić information content (AvgIpc) is 3.18. The molecule has 1 aliphatic heterocycles. The van der Waals surface area contributed by atoms with Gasteiger partial charge < -0.3 is 5.32 Å². The Hall–Kier alpha value is -3.11. The van der Waals surface area contributed by atoms with Crippen LogP contribution in [0.25, 0.3) is 0 Å². The zero-order valence-corrected chi connectivity index (χ0v) is 19.0. The van der Waals surface area contributed by atoms with Crippen LogP contribution < -0.4 is 5.32 Å². The molecule has 1 aliphatic rings. The maximum atomic E-state index is 13.4. The minimum atomic E-state index is -4.38. The number of halogens is 5. The third-order valence-electron chi connectivity index (χ3n) is 4.92. The van der Waals surface area contributed by atoms with Crippen molar-refractivity contribution in [1.29, 1.82) is 0 Å². The smallest absolute Gasteiger partial charge is 0.324 e. The minimum absolute atomic E-state index is 0.0249. The topological polar surface area (TPSA) is 57.6 Å². The lowest BCUT2D eigenvalue weighted by Crippen LogP contribution is -2.29. The fourth-order valence-corrected chi connectivity index (χ4v) is 4.12. The molecule has 1 atom stereocenters. The number of alkyl halides is 3. The number of anilines is 1. The first-order valence-electron chi connectivity index (χ1n) is 10.0. The molecule has 1 aromatic heterocycles. The summed E-state index contributed by atoms with van der Waals surface area (Å²) in [5, 5.41) is 9.29. The van der Waals surface area contributed by atoms with Crippen LogP contribution >= 0.6 is 23.4 Å². The molecule has 34 heavy (non-hydrogen) atoms. The van der Waals surface area contributed by atoms with Gasteiger partial charge in [0.05, 0.1) is 28.9 Å². The molecule has 0 radical (unpaired) electrons. The molecule has 0 fully saturated rings. The summed E-state index contributed by atoms with van der Waals surface area (Å²) in [5.41, 5.74) is -1.97. The van der Waals surface area contributed by atoms with Gasteiger partial charge in [-0.15, -0.1) is 0 Å². The maximum absolute atomic E-state index is 13.4. The zero-order valence-electron chi connectivity index (χ0n) is 17.4. The number of rotatable bonds is 6. The van der Waals surface area contributed by atoms with Gasteiger partial charge >= 0.3 is 5.51 Å². The molecule has 0 aliphatic carbocycles. The van der Waals surface area contributed by atoms with Gasteiger partial charge in [-0.1, -0.05) is 23.7 Å². The first-order valence-corrected chi connectivity index (χ1v) is 11.2. The molecule has 4 rings (SSSR count). The van der Waals surface area contributed by atoms with Gasteiger partial charge in [-0.05, 0) is 65.9 Å². The molecule has 1 amide bonds. The van der Waals surface area contributed by atoms with Crippen LogP contribution in [0, 0.1) is 5.82 Å². The van der Waals surface area contributed by atoms with Crippen LogP contribution in [0.4, 0.5) is 23.2 Å². The number of nitrogens with zero attached hydrogens (tertiary/aromatic N) is 3. The Balaban J connectivity index is 1.47. The van der Waals surface area contributed by atoms with E-state index in [-0.39, 0.29) is 40.8 Å². The lowest BCUT2D eigenvalue weighted by atomic mass is 9.94. The Bertz CT molecular complexity index is 1190. The third-order valence-corrected chi connectivity index (χ3v) is 5.88. The van der Waals surface area contributed by atoms with E-state index in [0.717, 1.165) is 0 Å². The molecule has 0 saturated carbocycles. The summed E-state index contributed by atoms with van der Waals surface area (Å²) in [6, 6.07) is 14.8. The standard InChI is InChI=1S/C23H17ClF4N4OS/c24-15-3-10-20(29-11-15)19-12-32(31-22(19)14-1-4-16(25)5-2-14)13-21(33)30-17-6-8-18(9-7-17)34-23(26,27)28/h1-11,19H,12-13H2,(H,30,33). The first kappa shape index (κ1) is 24.0. The third kappa shape index (κ3) is 6.27. The Morgan fingerprint density at radius 1 is 1.09 bits per heavy atom. The summed E-state index contributed by atoms with van der Waals surface area (Å²) in [4.78, 5) is 17.0. The predicted molar refractivity (Wildman–Crippen MR) is 123 cm³/mol. The van der Waals surface area contributed by atoms with Crippen molar-refractivity contribution in [1.82, 2.24) is 9.99 Å². The number of pyridine rings is 1. The van der Waals surface area contributed by atoms with Gasteiger partial charge in [-0.3, -0.25) is 14.8 Å². The van der Waals surface area contributed by atoms with Crippen LogP contribution in [0.1, 0.15) is 17.2 Å². The lowest BCUT2D eigenvalue weighted by Gasteiger charge is -2.16. The number of thioether (sulfide) groups is 1. The highest BCUT2D eigenvalue weighted by Gasteiger charge is 2.31. The van der Waals surface area contributed by atoms with E-state index >= 15 is 0 Å². The van der Waals surface area contributed by atoms with Crippen LogP contribution in [0.5, 0.6) is 0 Å². The highest BCUT2D eigenvalue weighted by atomic mass is 35.5. The van der Waals surface area contributed by atoms with E-state index in [9.17, 15) is 22.4 Å². The number of aromatic nitrogens is 1. The van der Waals surface area contributed by atoms with E-state index in [1.807, 2.05) is 0 Å². The lowest BCUT2D eigenvalue weighted by molar-refractivity contribution is -0.117. The Kier molecular flexibility index (Phi) is 7.08. The van der Waals surface area contributed by atoms with Gasteiger partial charge in [0, 0.05) is 16.8 Å². The van der Waals surface area contributed by atoms with Gasteiger partial charge in [0.1, 0.15) is 12.4 Å². The van der Waals surface area contributed by atoms with Crippen LogP contribution in [0.3, 0.4) is 0 Å². The van der Waals surface area contributed by atoms with Crippen molar-refractivity contribution < 1.29 is 22.4 Å². The average molecular weight is 509 g/mol. The molecular weight excluding hydrogens is 492 g/mol. The molecule has 1 N–H and O–H groups in total. The number of carbonyl (C=O) groups excluding carboxylic acids is 1. The van der Waals surface area contributed by atoms with Crippen molar-refractivity contribution in [3.8, 4) is 0 Å². The summed E-state index contributed by atoms with van der Waals surface area (Å²) in [7, 11) is 0. The van der Waals surface area contributed by atoms with E-state index in [0.29, 0.717) is 34.2 Å². The summed E-state index contributed by atoms with van der Waals surface area (Å²) in [6.07, 6.45) is 1.52. The Morgan fingerprint density at radius 2 is 1.79 bits per heavy atom. The maximum Gasteiger partial charge on any atom is 0.446 e. The second-order valence-electron chi connectivity index (χ2n) is 7.41. The second-order valence-corrected chi connectivity index (χ2v) is 8.99. The molecule has 0 bridgehead atoms. The largest absolute Gasteiger partial charge is 0.446 e. The van der Waals surface area contributed by atoms with Gasteiger partial charge in [0.15, 0.2) is 0 Å². The Labute approximate surface area is 201 Å². The van der Waals surface area contributed by atoms with E-state index in [4.69, 9.17) is 11.6 Å². The summed E-state index contributed by atoms with van der Waals surface area (Å²) >= 11 is 5.73. The molecule has 1 unspecified atom stereocenters. The van der Waals surface area contributed by atoms with Crippen molar-refractivity contribution in [2.24, 2.45) is 5.10 Å². The highest BCUT2D eigenvalue weighted by molar-refractivity contribution is 8.00. The fraction of sp³-hybridized carbons (Fsp3) is 0.174. The second kappa shape index (κ2) is 10.0. The Morgan fingerprint density at radius 3 is 2.41 bits per heavy atom. The summed E-state index contributed by atoms with van der Waals surface area (Å²) < 4.78 is 50.8. The fourth-order valence-electron chi connectivity index (χ4n) is 3.47. The predicted octanol–water partition coefficient (Wildman–Crippen LogP) is 5.93. The van der Waals surface area contributed by atoms with Crippen molar-refractivity contribution in [2.75, 3.05) is 18.4 Å². The molecule has 0 spiro atoms. The SMILES string of the molecule is O=C(CN1CC(c2ccc(Cl)cn2)C(c2ccc(F)cc2)=N1)Nc1ccc(SC(F)(F)F)cc1. The number of hydrogen-bond acceptors (Lipinski definition) is 5. The van der Waals surface area contributed by atoms with Gasteiger partial charge in [-0.25, -0.2) is 4.39 Å². The molecule has 3 aromatic rings. The van der Waals surface area contributed by atoms with E-state index in [1.165, 1.54) is 42.6 Å². The first-order chi connectivity index (χ1) is 16.2. The monoisotopic (exact) mass is 508 g/mol. The normalized spacial score (nSPS) is 15.9. The van der Waals surface area contributed by atoms with Crippen LogP contribution in [0.2, 0.25) is 5.02 Å². The van der Waals surface area contributed by atoms with Crippen molar-refractivity contribution in [3.63, 3.8) is 0 Å². The van der Waals surface area contributed by atoms with Crippen LogP contribution in [0.15, 0.2) is 76.9 Å². The highest BCUT2D eigenvalue weighted by Crippen LogP contribution is 2.37. The number of hydrazone groups is 1. The van der Waals surface area contributed by atoms with Crippen LogP contribution in [-0.2, 0) is 4.79 Å². The molecular formula is C23H17ClF4N4OS. The molecule has 0 saturated heterocycles. The van der Waals surface area contributed by atoms with E-state index in [2.05, 4.69) is 15.4 Å². The number of benzene rings is 2. The van der Waals surface area contributed by atoms with Crippen LogP contribution in [-0.4, -0.2) is 40.2 Å². The van der Waals surface area contributed by atoms with Gasteiger partial charge in [0.25, 0.3) is 0 Å². The van der Waals surface area contributed by atoms with Crippen molar-refractivity contribution in [3.05, 3.63) is 89.0 Å². The summed E-state index contributed by atoms with van der Waals surface area (Å²) in [6.45, 7) is 0.268. The molecule has 2 heterocycles. The van der Waals surface area contributed by atoms with Crippen molar-refractivity contribution >= 4 is 40.7 Å².